The Morgan fingerprint density at radius 2 is 2.00 bits per heavy atom. The molecule has 1 aliphatic heterocycles. The Labute approximate surface area is 146 Å². The van der Waals surface area contributed by atoms with Crippen LogP contribution in [0.1, 0.15) is 40.3 Å². The van der Waals surface area contributed by atoms with Gasteiger partial charge in [-0.15, -0.1) is 0 Å². The van der Waals surface area contributed by atoms with Crippen molar-refractivity contribution < 1.29 is 23.8 Å². The number of rotatable bonds is 4. The van der Waals surface area contributed by atoms with Crippen molar-refractivity contribution in [3.05, 3.63) is 59.0 Å². The van der Waals surface area contributed by atoms with E-state index in [4.69, 9.17) is 14.3 Å². The first kappa shape index (κ1) is 17.2. The summed E-state index contributed by atoms with van der Waals surface area (Å²) < 4.78 is 11.2. The van der Waals surface area contributed by atoms with Crippen molar-refractivity contribution in [1.82, 2.24) is 4.90 Å². The van der Waals surface area contributed by atoms with Crippen molar-refractivity contribution in [3.63, 3.8) is 0 Å². The molecule has 3 rings (SSSR count). The van der Waals surface area contributed by atoms with E-state index < -0.39 is 5.97 Å². The predicted molar refractivity (Wildman–Crippen MR) is 90.4 cm³/mol. The molecule has 1 aromatic heterocycles. The number of nitrogens with zero attached hydrogens (tertiary/aromatic N) is 1. The monoisotopic (exact) mass is 343 g/mol. The molecule has 1 N–H and O–H groups in total. The maximum Gasteiger partial charge on any atom is 0.311 e. The van der Waals surface area contributed by atoms with Gasteiger partial charge in [0.05, 0.1) is 31.0 Å². The number of hydrogen-bond donors (Lipinski definition) is 1. The number of morpholine rings is 1. The SMILES string of the molecule is Cc1coc(CC(=O)O)c1C(=O)N1CC(c2ccccc2)OCC1C. The molecule has 1 amide bonds. The quantitative estimate of drug-likeness (QED) is 0.923. The van der Waals surface area contributed by atoms with Gasteiger partial charge < -0.3 is 19.2 Å². The lowest BCUT2D eigenvalue weighted by molar-refractivity contribution is -0.136. The van der Waals surface area contributed by atoms with E-state index in [2.05, 4.69) is 0 Å². The van der Waals surface area contributed by atoms with Gasteiger partial charge >= 0.3 is 5.97 Å². The molecule has 25 heavy (non-hydrogen) atoms. The zero-order valence-electron chi connectivity index (χ0n) is 14.3. The number of benzene rings is 1. The minimum absolute atomic E-state index is 0.0977. The molecule has 1 aromatic carbocycles. The Kier molecular flexibility index (Phi) is 4.90. The third-order valence-electron chi connectivity index (χ3n) is 4.44. The Balaban J connectivity index is 1.85. The van der Waals surface area contributed by atoms with Crippen LogP contribution in [0.3, 0.4) is 0 Å². The maximum absolute atomic E-state index is 13.1. The third-order valence-corrected chi connectivity index (χ3v) is 4.44. The van der Waals surface area contributed by atoms with Crippen LogP contribution in [0.15, 0.2) is 41.0 Å². The highest BCUT2D eigenvalue weighted by molar-refractivity contribution is 5.97. The molecule has 0 bridgehead atoms. The number of carbonyl (C=O) groups is 2. The molecular formula is C19H21NO5. The van der Waals surface area contributed by atoms with Crippen LogP contribution in [0.25, 0.3) is 0 Å². The molecular weight excluding hydrogens is 322 g/mol. The molecule has 0 aliphatic carbocycles. The van der Waals surface area contributed by atoms with Gasteiger partial charge in [-0.05, 0) is 19.4 Å². The van der Waals surface area contributed by atoms with Crippen LogP contribution in [-0.4, -0.2) is 41.1 Å². The van der Waals surface area contributed by atoms with Crippen LogP contribution < -0.4 is 0 Å². The number of carboxylic acid groups (broad SMARTS) is 1. The molecule has 2 unspecified atom stereocenters. The largest absolute Gasteiger partial charge is 0.481 e. The first-order chi connectivity index (χ1) is 12.0. The normalized spacial score (nSPS) is 20.5. The third kappa shape index (κ3) is 3.58. The van der Waals surface area contributed by atoms with Gasteiger partial charge in [0, 0.05) is 5.56 Å². The number of aryl methyl sites for hydroxylation is 1. The average molecular weight is 343 g/mol. The summed E-state index contributed by atoms with van der Waals surface area (Å²) in [4.78, 5) is 25.9. The highest BCUT2D eigenvalue weighted by atomic mass is 16.5. The topological polar surface area (TPSA) is 80.0 Å². The van der Waals surface area contributed by atoms with Gasteiger partial charge in [0.2, 0.25) is 0 Å². The van der Waals surface area contributed by atoms with Crippen LogP contribution in [-0.2, 0) is 16.0 Å². The number of furan rings is 1. The maximum atomic E-state index is 13.1. The Hall–Kier alpha value is -2.60. The molecule has 0 spiro atoms. The van der Waals surface area contributed by atoms with E-state index in [1.165, 1.54) is 6.26 Å². The van der Waals surface area contributed by atoms with Crippen LogP contribution in [0, 0.1) is 6.92 Å². The Bertz CT molecular complexity index is 767. The van der Waals surface area contributed by atoms with Gasteiger partial charge in [-0.3, -0.25) is 9.59 Å². The second kappa shape index (κ2) is 7.11. The van der Waals surface area contributed by atoms with Crippen LogP contribution in [0.2, 0.25) is 0 Å². The smallest absolute Gasteiger partial charge is 0.311 e. The van der Waals surface area contributed by atoms with Crippen molar-refractivity contribution in [2.24, 2.45) is 0 Å². The summed E-state index contributed by atoms with van der Waals surface area (Å²) >= 11 is 0. The highest BCUT2D eigenvalue weighted by Gasteiger charge is 2.33. The van der Waals surface area contributed by atoms with E-state index in [1.807, 2.05) is 37.3 Å². The van der Waals surface area contributed by atoms with E-state index in [9.17, 15) is 9.59 Å². The summed E-state index contributed by atoms with van der Waals surface area (Å²) in [5.74, 6) is -1.04. The van der Waals surface area contributed by atoms with Crippen molar-refractivity contribution >= 4 is 11.9 Å². The summed E-state index contributed by atoms with van der Waals surface area (Å²) in [6, 6.07) is 9.66. The molecule has 132 valence electrons. The van der Waals surface area contributed by atoms with Crippen LogP contribution in [0.5, 0.6) is 0 Å². The van der Waals surface area contributed by atoms with E-state index in [0.717, 1.165) is 5.56 Å². The molecule has 2 heterocycles. The molecule has 2 atom stereocenters. The van der Waals surface area contributed by atoms with Crippen LogP contribution >= 0.6 is 0 Å². The second-order valence-electron chi connectivity index (χ2n) is 6.33. The highest BCUT2D eigenvalue weighted by Crippen LogP contribution is 2.28. The lowest BCUT2D eigenvalue weighted by Gasteiger charge is -2.38. The van der Waals surface area contributed by atoms with Gasteiger partial charge in [0.15, 0.2) is 0 Å². The number of ether oxygens (including phenoxy) is 1. The molecule has 1 aliphatic rings. The summed E-state index contributed by atoms with van der Waals surface area (Å²) in [5.41, 5.74) is 2.01. The number of hydrogen-bond acceptors (Lipinski definition) is 4. The van der Waals surface area contributed by atoms with E-state index in [1.54, 1.807) is 11.8 Å². The van der Waals surface area contributed by atoms with Crippen LogP contribution in [0.4, 0.5) is 0 Å². The Morgan fingerprint density at radius 3 is 2.68 bits per heavy atom. The zero-order chi connectivity index (χ0) is 18.0. The zero-order valence-corrected chi connectivity index (χ0v) is 14.3. The van der Waals surface area contributed by atoms with Crippen molar-refractivity contribution in [2.75, 3.05) is 13.2 Å². The summed E-state index contributed by atoms with van der Waals surface area (Å²) in [6.45, 7) is 4.52. The lowest BCUT2D eigenvalue weighted by Crippen LogP contribution is -2.48. The standard InChI is InChI=1S/C19H21NO5/c1-12-10-24-15(8-17(21)22)18(12)19(23)20-9-16(25-11-13(20)2)14-6-4-3-5-7-14/h3-7,10,13,16H,8-9,11H2,1-2H3,(H,21,22). The predicted octanol–water partition coefficient (Wildman–Crippen LogP) is 2.82. The number of amides is 1. The van der Waals surface area contributed by atoms with Crippen molar-refractivity contribution in [1.29, 1.82) is 0 Å². The van der Waals surface area contributed by atoms with Gasteiger partial charge in [-0.25, -0.2) is 0 Å². The van der Waals surface area contributed by atoms with Gasteiger partial charge in [0.25, 0.3) is 5.91 Å². The summed E-state index contributed by atoms with van der Waals surface area (Å²) in [6.07, 6.45) is 0.928. The van der Waals surface area contributed by atoms with Crippen molar-refractivity contribution in [3.8, 4) is 0 Å². The fourth-order valence-corrected chi connectivity index (χ4v) is 3.11. The molecule has 2 aromatic rings. The Morgan fingerprint density at radius 1 is 1.28 bits per heavy atom. The summed E-state index contributed by atoms with van der Waals surface area (Å²) in [7, 11) is 0. The number of carboxylic acids is 1. The fraction of sp³-hybridized carbons (Fsp3) is 0.368. The lowest BCUT2D eigenvalue weighted by atomic mass is 10.0. The first-order valence-corrected chi connectivity index (χ1v) is 8.23. The van der Waals surface area contributed by atoms with Gasteiger partial charge in [0.1, 0.15) is 18.3 Å². The van der Waals surface area contributed by atoms with E-state index in [0.29, 0.717) is 24.3 Å². The fourth-order valence-electron chi connectivity index (χ4n) is 3.11. The molecule has 6 nitrogen and oxygen atoms in total. The molecule has 1 fully saturated rings. The molecule has 6 heteroatoms. The number of carbonyl (C=O) groups excluding carboxylic acids is 1. The van der Waals surface area contributed by atoms with E-state index >= 15 is 0 Å². The molecule has 0 saturated carbocycles. The first-order valence-electron chi connectivity index (χ1n) is 8.23. The molecule has 1 saturated heterocycles. The van der Waals surface area contributed by atoms with Crippen molar-refractivity contribution in [2.45, 2.75) is 32.4 Å². The van der Waals surface area contributed by atoms with E-state index in [-0.39, 0.29) is 30.2 Å². The average Bonchev–Trinajstić information content (AvgIpc) is 2.95. The molecule has 0 radical (unpaired) electrons. The number of aliphatic carboxylic acids is 1. The van der Waals surface area contributed by atoms with Gasteiger partial charge in [-0.2, -0.15) is 0 Å². The minimum Gasteiger partial charge on any atom is -0.481 e. The minimum atomic E-state index is -1.03. The van der Waals surface area contributed by atoms with Gasteiger partial charge in [-0.1, -0.05) is 30.3 Å². The summed E-state index contributed by atoms with van der Waals surface area (Å²) in [5, 5.41) is 9.03. The second-order valence-corrected chi connectivity index (χ2v) is 6.33.